The van der Waals surface area contributed by atoms with E-state index in [-0.39, 0.29) is 18.2 Å². The molecule has 3 rings (SSSR count). The Morgan fingerprint density at radius 3 is 2.48 bits per heavy atom. The quantitative estimate of drug-likeness (QED) is 0.343. The van der Waals surface area contributed by atoms with Crippen LogP contribution in [0.5, 0.6) is 0 Å². The molecule has 176 valence electrons. The number of benzene rings is 2. The van der Waals surface area contributed by atoms with Crippen LogP contribution < -0.4 is 5.32 Å². The predicted octanol–water partition coefficient (Wildman–Crippen LogP) is 7.58. The summed E-state index contributed by atoms with van der Waals surface area (Å²) in [6.07, 6.45) is 5.51. The number of carbonyl (C=O) groups excluding carboxylic acids is 2. The maximum absolute atomic E-state index is 13.0. The summed E-state index contributed by atoms with van der Waals surface area (Å²) in [5.41, 5.74) is 1.12. The minimum absolute atomic E-state index is 0.0916. The van der Waals surface area contributed by atoms with Crippen molar-refractivity contribution in [1.29, 1.82) is 0 Å². The van der Waals surface area contributed by atoms with Crippen molar-refractivity contribution in [3.05, 3.63) is 57.5 Å². The number of nitrogens with zero attached hydrogens (tertiary/aromatic N) is 2. The number of halogens is 3. The van der Waals surface area contributed by atoms with E-state index in [0.29, 0.717) is 38.2 Å². The number of anilines is 1. The Morgan fingerprint density at radius 1 is 1.06 bits per heavy atom. The number of thioether (sulfide) groups is 1. The van der Waals surface area contributed by atoms with Gasteiger partial charge in [-0.1, -0.05) is 85.2 Å². The second-order valence-corrected chi connectivity index (χ2v) is 10.3. The second kappa shape index (κ2) is 12.7. The monoisotopic (exact) mass is 525 g/mol. The van der Waals surface area contributed by atoms with Gasteiger partial charge in [-0.25, -0.2) is 4.99 Å². The maximum Gasteiger partial charge on any atom is 0.238 e. The summed E-state index contributed by atoms with van der Waals surface area (Å²) in [6, 6.07) is 11.9. The SMILES string of the molecule is CCCCCCCN1C(=O)CC(C(=O)Nc2cc(Cl)cc(Cl)c2)SC1=Nc1cccc(Cl)c1. The highest BCUT2D eigenvalue weighted by Crippen LogP contribution is 2.31. The highest BCUT2D eigenvalue weighted by molar-refractivity contribution is 8.15. The van der Waals surface area contributed by atoms with Crippen molar-refractivity contribution in [3.8, 4) is 0 Å². The number of amides is 2. The number of hydrogen-bond donors (Lipinski definition) is 1. The fourth-order valence-electron chi connectivity index (χ4n) is 3.44. The highest BCUT2D eigenvalue weighted by atomic mass is 35.5. The Hall–Kier alpha value is -1.73. The predicted molar refractivity (Wildman–Crippen MR) is 140 cm³/mol. The van der Waals surface area contributed by atoms with Crippen molar-refractivity contribution in [3.63, 3.8) is 0 Å². The van der Waals surface area contributed by atoms with Crippen molar-refractivity contribution in [2.45, 2.75) is 50.7 Å². The van der Waals surface area contributed by atoms with Crippen molar-refractivity contribution in [1.82, 2.24) is 4.90 Å². The van der Waals surface area contributed by atoms with E-state index in [0.717, 1.165) is 25.7 Å². The third-order valence-corrected chi connectivity index (χ3v) is 6.94. The van der Waals surface area contributed by atoms with Crippen molar-refractivity contribution in [2.24, 2.45) is 4.99 Å². The Bertz CT molecular complexity index is 1010. The molecule has 2 aromatic rings. The molecular weight excluding hydrogens is 501 g/mol. The summed E-state index contributed by atoms with van der Waals surface area (Å²) in [4.78, 5) is 32.4. The van der Waals surface area contributed by atoms with Gasteiger partial charge in [0.2, 0.25) is 11.8 Å². The van der Waals surface area contributed by atoms with Gasteiger partial charge in [0.05, 0.1) is 5.69 Å². The minimum atomic E-state index is -0.621. The molecule has 0 bridgehead atoms. The van der Waals surface area contributed by atoms with E-state index in [4.69, 9.17) is 34.8 Å². The number of unbranched alkanes of at least 4 members (excludes halogenated alkanes) is 4. The Kier molecular flexibility index (Phi) is 9.93. The fraction of sp³-hybridized carbons (Fsp3) is 0.375. The van der Waals surface area contributed by atoms with E-state index < -0.39 is 5.25 Å². The van der Waals surface area contributed by atoms with Gasteiger partial charge in [0, 0.05) is 33.7 Å². The summed E-state index contributed by atoms with van der Waals surface area (Å²) in [6.45, 7) is 2.75. The summed E-state index contributed by atoms with van der Waals surface area (Å²) in [5, 5.41) is 4.10. The molecule has 1 N–H and O–H groups in total. The lowest BCUT2D eigenvalue weighted by Crippen LogP contribution is -2.45. The van der Waals surface area contributed by atoms with Crippen LogP contribution >= 0.6 is 46.6 Å². The average Bonchev–Trinajstić information content (AvgIpc) is 2.74. The van der Waals surface area contributed by atoms with E-state index in [1.165, 1.54) is 18.2 Å². The third kappa shape index (κ3) is 7.92. The molecule has 1 unspecified atom stereocenters. The van der Waals surface area contributed by atoms with Crippen LogP contribution in [-0.4, -0.2) is 33.7 Å². The van der Waals surface area contributed by atoms with Crippen LogP contribution in [0.3, 0.4) is 0 Å². The van der Waals surface area contributed by atoms with Crippen LogP contribution in [0.4, 0.5) is 11.4 Å². The van der Waals surface area contributed by atoms with Crippen molar-refractivity contribution in [2.75, 3.05) is 11.9 Å². The van der Waals surface area contributed by atoms with E-state index >= 15 is 0 Å². The standard InChI is InChI=1S/C24H26Cl3N3O2S/c1-2-3-4-5-6-10-30-22(31)15-21(23(32)28-20-13-17(26)11-18(27)14-20)33-24(30)29-19-9-7-8-16(25)12-19/h7-9,11-14,21H,2-6,10,15H2,1H3,(H,28,32). The molecule has 0 aliphatic carbocycles. The normalized spacial score (nSPS) is 17.5. The van der Waals surface area contributed by atoms with Crippen LogP contribution in [0, 0.1) is 0 Å². The maximum atomic E-state index is 13.0. The van der Waals surface area contributed by atoms with Gasteiger partial charge < -0.3 is 5.32 Å². The van der Waals surface area contributed by atoms with Gasteiger partial charge in [-0.15, -0.1) is 0 Å². The van der Waals surface area contributed by atoms with Gasteiger partial charge in [-0.05, 0) is 42.8 Å². The van der Waals surface area contributed by atoms with E-state index in [1.807, 2.05) is 6.07 Å². The zero-order valence-electron chi connectivity index (χ0n) is 18.3. The molecule has 1 saturated heterocycles. The second-order valence-electron chi connectivity index (χ2n) is 7.79. The molecule has 0 spiro atoms. The van der Waals surface area contributed by atoms with Crippen LogP contribution in [0.2, 0.25) is 15.1 Å². The summed E-state index contributed by atoms with van der Waals surface area (Å²) >= 11 is 19.5. The van der Waals surface area contributed by atoms with Crippen LogP contribution in [0.25, 0.3) is 0 Å². The molecule has 1 atom stereocenters. The number of nitrogens with one attached hydrogen (secondary N) is 1. The number of hydrogen-bond acceptors (Lipinski definition) is 4. The van der Waals surface area contributed by atoms with Gasteiger partial charge in [0.1, 0.15) is 5.25 Å². The van der Waals surface area contributed by atoms with Gasteiger partial charge in [0.15, 0.2) is 5.17 Å². The summed E-state index contributed by atoms with van der Waals surface area (Å²) in [7, 11) is 0. The van der Waals surface area contributed by atoms with Crippen LogP contribution in [0.15, 0.2) is 47.5 Å². The molecule has 1 aliphatic rings. The first-order valence-electron chi connectivity index (χ1n) is 10.9. The van der Waals surface area contributed by atoms with Crippen molar-refractivity contribution < 1.29 is 9.59 Å². The number of carbonyl (C=O) groups is 2. The van der Waals surface area contributed by atoms with Gasteiger partial charge in [0.25, 0.3) is 0 Å². The largest absolute Gasteiger partial charge is 0.325 e. The molecule has 2 aromatic carbocycles. The first kappa shape index (κ1) is 25.9. The third-order valence-electron chi connectivity index (χ3n) is 5.08. The lowest BCUT2D eigenvalue weighted by Gasteiger charge is -2.32. The molecule has 1 fully saturated rings. The number of rotatable bonds is 9. The van der Waals surface area contributed by atoms with Crippen molar-refractivity contribution >= 4 is 74.9 Å². The molecule has 9 heteroatoms. The first-order chi connectivity index (χ1) is 15.9. The molecule has 0 aromatic heterocycles. The van der Waals surface area contributed by atoms with Crippen LogP contribution in [0.1, 0.15) is 45.4 Å². The molecule has 1 heterocycles. The van der Waals surface area contributed by atoms with Gasteiger partial charge in [-0.2, -0.15) is 0 Å². The van der Waals surface area contributed by atoms with E-state index in [1.54, 1.807) is 41.3 Å². The zero-order chi connectivity index (χ0) is 23.8. The molecule has 0 saturated carbocycles. The Labute approximate surface area is 213 Å². The van der Waals surface area contributed by atoms with E-state index in [2.05, 4.69) is 17.2 Å². The summed E-state index contributed by atoms with van der Waals surface area (Å²) < 4.78 is 0. The van der Waals surface area contributed by atoms with Crippen LogP contribution in [-0.2, 0) is 9.59 Å². The smallest absolute Gasteiger partial charge is 0.238 e. The molecule has 2 amide bonds. The zero-order valence-corrected chi connectivity index (χ0v) is 21.4. The highest BCUT2D eigenvalue weighted by Gasteiger charge is 2.35. The first-order valence-corrected chi connectivity index (χ1v) is 13.0. The molecule has 33 heavy (non-hydrogen) atoms. The van der Waals surface area contributed by atoms with Gasteiger partial charge >= 0.3 is 0 Å². The van der Waals surface area contributed by atoms with E-state index in [9.17, 15) is 9.59 Å². The lowest BCUT2D eigenvalue weighted by atomic mass is 10.1. The molecule has 1 aliphatic heterocycles. The topological polar surface area (TPSA) is 61.8 Å². The lowest BCUT2D eigenvalue weighted by molar-refractivity contribution is -0.129. The fourth-order valence-corrected chi connectivity index (χ4v) is 5.27. The summed E-state index contributed by atoms with van der Waals surface area (Å²) in [5.74, 6) is -0.414. The minimum Gasteiger partial charge on any atom is -0.325 e. The number of amidine groups is 1. The molecular formula is C24H26Cl3N3O2S. The van der Waals surface area contributed by atoms with Gasteiger partial charge in [-0.3, -0.25) is 14.5 Å². The Morgan fingerprint density at radius 2 is 1.79 bits per heavy atom. The Balaban J connectivity index is 1.77. The molecule has 0 radical (unpaired) electrons. The number of aliphatic imine (C=N–C) groups is 1. The average molecular weight is 527 g/mol. The molecule has 5 nitrogen and oxygen atoms in total.